The summed E-state index contributed by atoms with van der Waals surface area (Å²) >= 11 is 7.81. The van der Waals surface area contributed by atoms with Crippen LogP contribution in [0.25, 0.3) is 0 Å². The molecule has 108 valence electrons. The fraction of sp³-hybridized carbons (Fsp3) is 0.438. The van der Waals surface area contributed by atoms with Crippen LogP contribution in [-0.4, -0.2) is 18.1 Å². The van der Waals surface area contributed by atoms with E-state index < -0.39 is 0 Å². The van der Waals surface area contributed by atoms with Crippen LogP contribution in [0.5, 0.6) is 0 Å². The van der Waals surface area contributed by atoms with Gasteiger partial charge >= 0.3 is 0 Å². The summed E-state index contributed by atoms with van der Waals surface area (Å²) in [5.74, 6) is 0.561. The highest BCUT2D eigenvalue weighted by atomic mass is 35.5. The number of benzene rings is 1. The van der Waals surface area contributed by atoms with Gasteiger partial charge in [-0.1, -0.05) is 30.7 Å². The molecule has 1 heterocycles. The largest absolute Gasteiger partial charge is 0.316 e. The normalized spacial score (nSPS) is 12.5. The molecule has 2 nitrogen and oxygen atoms in total. The van der Waals surface area contributed by atoms with E-state index in [-0.39, 0.29) is 0 Å². The molecule has 20 heavy (non-hydrogen) atoms. The number of thiazole rings is 1. The lowest BCUT2D eigenvalue weighted by Crippen LogP contribution is -2.26. The van der Waals surface area contributed by atoms with Gasteiger partial charge in [-0.15, -0.1) is 11.3 Å². The van der Waals surface area contributed by atoms with Crippen molar-refractivity contribution in [3.8, 4) is 0 Å². The SMILES string of the molecule is CCCNCC(Cc1cccc(Cl)c1)Cc1nccs1. The maximum atomic E-state index is 6.07. The van der Waals surface area contributed by atoms with Crippen molar-refractivity contribution in [1.82, 2.24) is 10.3 Å². The minimum absolute atomic E-state index is 0.561. The van der Waals surface area contributed by atoms with Crippen molar-refractivity contribution in [2.75, 3.05) is 13.1 Å². The Bertz CT molecular complexity index is 499. The Morgan fingerprint density at radius 2 is 2.25 bits per heavy atom. The average molecular weight is 309 g/mol. The Hall–Kier alpha value is -0.900. The monoisotopic (exact) mass is 308 g/mol. The lowest BCUT2D eigenvalue weighted by atomic mass is 9.96. The lowest BCUT2D eigenvalue weighted by Gasteiger charge is -2.17. The molecule has 0 amide bonds. The number of halogens is 1. The number of aromatic nitrogens is 1. The average Bonchev–Trinajstić information content (AvgIpc) is 2.92. The van der Waals surface area contributed by atoms with Crippen LogP contribution < -0.4 is 5.32 Å². The molecule has 1 atom stereocenters. The molecule has 1 aromatic carbocycles. The molecule has 0 fully saturated rings. The minimum atomic E-state index is 0.561. The molecule has 0 bridgehead atoms. The van der Waals surface area contributed by atoms with Crippen molar-refractivity contribution < 1.29 is 0 Å². The molecule has 4 heteroatoms. The zero-order valence-corrected chi connectivity index (χ0v) is 13.4. The van der Waals surface area contributed by atoms with E-state index in [9.17, 15) is 0 Å². The first-order valence-electron chi connectivity index (χ1n) is 7.11. The van der Waals surface area contributed by atoms with E-state index in [1.54, 1.807) is 11.3 Å². The first kappa shape index (κ1) is 15.5. The summed E-state index contributed by atoms with van der Waals surface area (Å²) in [6.07, 6.45) is 5.12. The molecule has 0 saturated heterocycles. The number of hydrogen-bond donors (Lipinski definition) is 1. The van der Waals surface area contributed by atoms with Crippen LogP contribution in [0, 0.1) is 5.92 Å². The maximum Gasteiger partial charge on any atom is 0.0928 e. The Morgan fingerprint density at radius 1 is 1.35 bits per heavy atom. The van der Waals surface area contributed by atoms with Gasteiger partial charge in [-0.25, -0.2) is 4.98 Å². The van der Waals surface area contributed by atoms with Crippen molar-refractivity contribution >= 4 is 22.9 Å². The van der Waals surface area contributed by atoms with Gasteiger partial charge in [0.1, 0.15) is 0 Å². The summed E-state index contributed by atoms with van der Waals surface area (Å²) in [5.41, 5.74) is 1.30. The topological polar surface area (TPSA) is 24.9 Å². The van der Waals surface area contributed by atoms with E-state index in [2.05, 4.69) is 29.4 Å². The van der Waals surface area contributed by atoms with E-state index in [0.29, 0.717) is 5.92 Å². The van der Waals surface area contributed by atoms with Gasteiger partial charge in [0.25, 0.3) is 0 Å². The summed E-state index contributed by atoms with van der Waals surface area (Å²) < 4.78 is 0. The van der Waals surface area contributed by atoms with Crippen LogP contribution in [0.15, 0.2) is 35.8 Å². The lowest BCUT2D eigenvalue weighted by molar-refractivity contribution is 0.470. The predicted octanol–water partition coefficient (Wildman–Crippen LogP) is 4.20. The van der Waals surface area contributed by atoms with Crippen molar-refractivity contribution in [2.24, 2.45) is 5.92 Å². The van der Waals surface area contributed by atoms with Gasteiger partial charge in [-0.05, 0) is 49.5 Å². The second kappa shape index (κ2) is 8.40. The Morgan fingerprint density at radius 3 is 2.95 bits per heavy atom. The molecular weight excluding hydrogens is 288 g/mol. The van der Waals surface area contributed by atoms with Gasteiger partial charge in [0.15, 0.2) is 0 Å². The van der Waals surface area contributed by atoms with Crippen molar-refractivity contribution in [3.05, 3.63) is 51.4 Å². The standard InChI is InChI=1S/C16H21ClN2S/c1-2-6-18-12-14(11-16-19-7-8-20-16)9-13-4-3-5-15(17)10-13/h3-5,7-8,10,14,18H,2,6,9,11-12H2,1H3. The second-order valence-electron chi connectivity index (χ2n) is 5.03. The highest BCUT2D eigenvalue weighted by molar-refractivity contribution is 7.09. The second-order valence-corrected chi connectivity index (χ2v) is 6.45. The van der Waals surface area contributed by atoms with Crippen LogP contribution >= 0.6 is 22.9 Å². The summed E-state index contributed by atoms with van der Waals surface area (Å²) in [4.78, 5) is 4.41. The van der Waals surface area contributed by atoms with Crippen LogP contribution in [0.1, 0.15) is 23.9 Å². The Kier molecular flexibility index (Phi) is 6.51. The summed E-state index contributed by atoms with van der Waals surface area (Å²) in [6, 6.07) is 8.17. The molecule has 2 aromatic rings. The van der Waals surface area contributed by atoms with Gasteiger partial charge < -0.3 is 5.32 Å². The van der Waals surface area contributed by atoms with Gasteiger partial charge in [0.05, 0.1) is 5.01 Å². The number of nitrogens with one attached hydrogen (secondary N) is 1. The summed E-state index contributed by atoms with van der Waals surface area (Å²) in [6.45, 7) is 4.30. The molecule has 2 rings (SSSR count). The van der Waals surface area contributed by atoms with Gasteiger partial charge in [-0.3, -0.25) is 0 Å². The van der Waals surface area contributed by atoms with Crippen molar-refractivity contribution in [3.63, 3.8) is 0 Å². The van der Waals surface area contributed by atoms with Gasteiger partial charge in [0.2, 0.25) is 0 Å². The highest BCUT2D eigenvalue weighted by Crippen LogP contribution is 2.18. The van der Waals surface area contributed by atoms with Crippen molar-refractivity contribution in [1.29, 1.82) is 0 Å². The van der Waals surface area contributed by atoms with E-state index in [4.69, 9.17) is 11.6 Å². The van der Waals surface area contributed by atoms with E-state index >= 15 is 0 Å². The van der Waals surface area contributed by atoms with E-state index in [0.717, 1.165) is 31.0 Å². The van der Waals surface area contributed by atoms with Crippen LogP contribution in [0.2, 0.25) is 5.02 Å². The fourth-order valence-corrected chi connectivity index (χ4v) is 3.24. The number of rotatable bonds is 8. The van der Waals surface area contributed by atoms with Crippen molar-refractivity contribution in [2.45, 2.75) is 26.2 Å². The quantitative estimate of drug-likeness (QED) is 0.739. The predicted molar refractivity (Wildman–Crippen MR) is 87.6 cm³/mol. The van der Waals surface area contributed by atoms with E-state index in [1.807, 2.05) is 23.7 Å². The minimum Gasteiger partial charge on any atom is -0.316 e. The fourth-order valence-electron chi connectivity index (χ4n) is 2.30. The van der Waals surface area contributed by atoms with E-state index in [1.165, 1.54) is 17.0 Å². The Labute approximate surface area is 130 Å². The highest BCUT2D eigenvalue weighted by Gasteiger charge is 2.12. The third-order valence-corrected chi connectivity index (χ3v) is 4.26. The first-order chi connectivity index (χ1) is 9.78. The summed E-state index contributed by atoms with van der Waals surface area (Å²) in [7, 11) is 0. The third-order valence-electron chi connectivity index (χ3n) is 3.22. The zero-order chi connectivity index (χ0) is 14.2. The molecule has 0 aliphatic heterocycles. The Balaban J connectivity index is 1.97. The van der Waals surface area contributed by atoms with Gasteiger partial charge in [-0.2, -0.15) is 0 Å². The molecule has 0 spiro atoms. The maximum absolute atomic E-state index is 6.07. The molecule has 0 aliphatic carbocycles. The first-order valence-corrected chi connectivity index (χ1v) is 8.37. The number of nitrogens with zero attached hydrogens (tertiary/aromatic N) is 1. The zero-order valence-electron chi connectivity index (χ0n) is 11.8. The molecule has 0 saturated carbocycles. The van der Waals surface area contributed by atoms with Gasteiger partial charge in [0, 0.05) is 23.0 Å². The van der Waals surface area contributed by atoms with Crippen LogP contribution in [-0.2, 0) is 12.8 Å². The number of hydrogen-bond acceptors (Lipinski definition) is 3. The molecular formula is C16H21ClN2S. The summed E-state index contributed by atoms with van der Waals surface area (Å²) in [5, 5.41) is 7.61. The van der Waals surface area contributed by atoms with Crippen LogP contribution in [0.3, 0.4) is 0 Å². The van der Waals surface area contributed by atoms with Crippen LogP contribution in [0.4, 0.5) is 0 Å². The molecule has 0 radical (unpaired) electrons. The smallest absolute Gasteiger partial charge is 0.0928 e. The molecule has 0 aliphatic rings. The molecule has 1 unspecified atom stereocenters. The molecule has 1 aromatic heterocycles. The third kappa shape index (κ3) is 5.23. The molecule has 1 N–H and O–H groups in total.